The van der Waals surface area contributed by atoms with Crippen molar-refractivity contribution in [2.75, 3.05) is 28.2 Å². The van der Waals surface area contributed by atoms with Gasteiger partial charge in [-0.15, -0.1) is 0 Å². The van der Waals surface area contributed by atoms with Crippen LogP contribution in [0.3, 0.4) is 0 Å². The molecule has 0 saturated heterocycles. The van der Waals surface area contributed by atoms with Crippen molar-refractivity contribution in [1.29, 1.82) is 0 Å². The first-order valence-electron chi connectivity index (χ1n) is 9.70. The standard InChI is InChI=1S/C6H12N2S4.3C6H5.H2O.Sn/c1-7(2)5(9)11-12-6(10)8(3)4;3*1-2-4-6-5-3-1;;/h1-4H3;3*1-5H;1H2;. The van der Waals surface area contributed by atoms with Crippen LogP contribution in [-0.2, 0) is 0 Å². The molecule has 0 amide bonds. The van der Waals surface area contributed by atoms with Crippen LogP contribution in [0.25, 0.3) is 0 Å². The van der Waals surface area contributed by atoms with Crippen molar-refractivity contribution >= 4 is 85.2 Å². The zero-order valence-corrected chi connectivity index (χ0v) is 24.8. The molecule has 3 aromatic carbocycles. The quantitative estimate of drug-likeness (QED) is 0.258. The first-order chi connectivity index (χ1) is 14.9. The molecule has 0 unspecified atom stereocenters. The molecule has 0 aromatic heterocycles. The second-order valence-electron chi connectivity index (χ2n) is 6.96. The van der Waals surface area contributed by atoms with E-state index in [4.69, 9.17) is 24.4 Å². The van der Waals surface area contributed by atoms with Crippen molar-refractivity contribution in [3.8, 4) is 0 Å². The minimum atomic E-state index is -1.98. The molecule has 0 aliphatic carbocycles. The van der Waals surface area contributed by atoms with Gasteiger partial charge in [0.05, 0.1) is 0 Å². The number of thiocarbonyl (C=S) groups is 2. The van der Waals surface area contributed by atoms with Gasteiger partial charge in [0, 0.05) is 28.2 Å². The van der Waals surface area contributed by atoms with Crippen molar-refractivity contribution in [2.45, 2.75) is 0 Å². The second-order valence-corrected chi connectivity index (χ2v) is 17.4. The van der Waals surface area contributed by atoms with Crippen LogP contribution in [-0.4, -0.2) is 71.9 Å². The second kappa shape index (κ2) is 15.7. The van der Waals surface area contributed by atoms with Gasteiger partial charge < -0.3 is 15.3 Å². The molecule has 0 aliphatic heterocycles. The van der Waals surface area contributed by atoms with Crippen molar-refractivity contribution in [1.82, 2.24) is 9.80 Å². The fourth-order valence-corrected chi connectivity index (χ4v) is 12.3. The van der Waals surface area contributed by atoms with Crippen molar-refractivity contribution in [3.63, 3.8) is 0 Å². The van der Waals surface area contributed by atoms with Crippen LogP contribution >= 0.6 is 46.0 Å². The number of benzene rings is 3. The van der Waals surface area contributed by atoms with E-state index in [1.54, 1.807) is 0 Å². The third kappa shape index (κ3) is 9.80. The number of nitrogens with zero attached hydrogens (tertiary/aromatic N) is 2. The predicted octanol–water partition coefficient (Wildman–Crippen LogP) is 3.44. The summed E-state index contributed by atoms with van der Waals surface area (Å²) in [6.45, 7) is 0. The summed E-state index contributed by atoms with van der Waals surface area (Å²) < 4.78 is 6.26. The van der Waals surface area contributed by atoms with Crippen LogP contribution in [0.2, 0.25) is 0 Å². The fourth-order valence-electron chi connectivity index (χ4n) is 2.53. The van der Waals surface area contributed by atoms with E-state index >= 15 is 0 Å². The first kappa shape index (κ1) is 28.9. The Morgan fingerprint density at radius 3 is 1.03 bits per heavy atom. The molecule has 2 N–H and O–H groups in total. The van der Waals surface area contributed by atoms with Gasteiger partial charge in [-0.1, -0.05) is 24.4 Å². The SMILES string of the molecule is CN(C)C(=S)SSC(=S)N(C)C.O.c1cc[c]([Sn]([c]2ccccc2)[c]2ccccc2)cc1. The summed E-state index contributed by atoms with van der Waals surface area (Å²) >= 11 is 8.16. The van der Waals surface area contributed by atoms with Gasteiger partial charge in [0.1, 0.15) is 8.64 Å². The predicted molar refractivity (Wildman–Crippen MR) is 155 cm³/mol. The Kier molecular flexibility index (Phi) is 14.2. The van der Waals surface area contributed by atoms with Gasteiger partial charge in [-0.3, -0.25) is 0 Å². The number of hydrogen-bond acceptors (Lipinski definition) is 4. The van der Waals surface area contributed by atoms with Crippen molar-refractivity contribution in [3.05, 3.63) is 91.0 Å². The van der Waals surface area contributed by atoms with Crippen molar-refractivity contribution in [2.24, 2.45) is 0 Å². The molecule has 169 valence electrons. The summed E-state index contributed by atoms with van der Waals surface area (Å²) in [6.07, 6.45) is 0. The third-order valence-electron chi connectivity index (χ3n) is 4.10. The molecule has 1 radical (unpaired) electrons. The Bertz CT molecular complexity index is 828. The molecule has 3 rings (SSSR count). The molecule has 8 heteroatoms. The van der Waals surface area contributed by atoms with E-state index in [9.17, 15) is 0 Å². The number of hydrogen-bond donors (Lipinski definition) is 0. The Hall–Kier alpha value is -1.10. The summed E-state index contributed by atoms with van der Waals surface area (Å²) in [5.74, 6) is 0. The zero-order valence-electron chi connectivity index (χ0n) is 18.7. The van der Waals surface area contributed by atoms with Gasteiger partial charge in [0.2, 0.25) is 0 Å². The Labute approximate surface area is 218 Å². The van der Waals surface area contributed by atoms with E-state index in [0.717, 1.165) is 8.64 Å². The topological polar surface area (TPSA) is 38.0 Å². The maximum atomic E-state index is 5.07. The minimum absolute atomic E-state index is 0. The van der Waals surface area contributed by atoms with Gasteiger partial charge in [0.25, 0.3) is 0 Å². The summed E-state index contributed by atoms with van der Waals surface area (Å²) in [4.78, 5) is 3.79. The van der Waals surface area contributed by atoms with E-state index in [-0.39, 0.29) is 5.48 Å². The summed E-state index contributed by atoms with van der Waals surface area (Å²) in [5.41, 5.74) is 0. The monoisotopic (exact) mass is 609 g/mol. The molecule has 0 saturated carbocycles. The van der Waals surface area contributed by atoms with Crippen LogP contribution in [0.1, 0.15) is 0 Å². The van der Waals surface area contributed by atoms with E-state index in [1.165, 1.54) is 32.3 Å². The average molecular weight is 608 g/mol. The van der Waals surface area contributed by atoms with Gasteiger partial charge in [-0.2, -0.15) is 0 Å². The normalized spacial score (nSPS) is 9.78. The van der Waals surface area contributed by atoms with Crippen molar-refractivity contribution < 1.29 is 5.48 Å². The Balaban J connectivity index is 0.000000346. The Morgan fingerprint density at radius 1 is 0.562 bits per heavy atom. The Morgan fingerprint density at radius 2 is 0.812 bits per heavy atom. The van der Waals surface area contributed by atoms with Gasteiger partial charge in [-0.25, -0.2) is 0 Å². The summed E-state index contributed by atoms with van der Waals surface area (Å²) in [5, 5.41) is 0. The molecule has 3 nitrogen and oxygen atoms in total. The van der Waals surface area contributed by atoms with E-state index in [0.29, 0.717) is 0 Å². The molecule has 0 bridgehead atoms. The fraction of sp³-hybridized carbons (Fsp3) is 0.167. The molecule has 32 heavy (non-hydrogen) atoms. The molecule has 0 spiro atoms. The molecule has 0 atom stereocenters. The van der Waals surface area contributed by atoms with E-state index in [1.807, 2.05) is 38.0 Å². The van der Waals surface area contributed by atoms with Crippen LogP contribution in [0.4, 0.5) is 0 Å². The van der Waals surface area contributed by atoms with E-state index < -0.39 is 19.8 Å². The van der Waals surface area contributed by atoms with Crippen LogP contribution in [0, 0.1) is 0 Å². The number of rotatable bonds is 3. The summed E-state index contributed by atoms with van der Waals surface area (Å²) in [6, 6.07) is 32.9. The molecular weight excluding hydrogens is 579 g/mol. The van der Waals surface area contributed by atoms with Gasteiger partial charge in [0.15, 0.2) is 0 Å². The average Bonchev–Trinajstić information content (AvgIpc) is 2.80. The molecule has 0 aliphatic rings. The molecule has 3 aromatic rings. The first-order valence-corrected chi connectivity index (χ1v) is 16.9. The summed E-state index contributed by atoms with van der Waals surface area (Å²) in [7, 11) is 10.7. The third-order valence-corrected chi connectivity index (χ3v) is 16.1. The molecule has 0 heterocycles. The zero-order chi connectivity index (χ0) is 22.6. The van der Waals surface area contributed by atoms with Crippen LogP contribution in [0.5, 0.6) is 0 Å². The van der Waals surface area contributed by atoms with Gasteiger partial charge >= 0.3 is 121 Å². The van der Waals surface area contributed by atoms with Gasteiger partial charge in [-0.05, 0) is 21.6 Å². The van der Waals surface area contributed by atoms with E-state index in [2.05, 4.69) is 91.0 Å². The van der Waals surface area contributed by atoms with Crippen LogP contribution < -0.4 is 10.7 Å². The molecular formula is C24H29N2OS4Sn. The maximum absolute atomic E-state index is 5.07. The molecule has 0 fully saturated rings. The van der Waals surface area contributed by atoms with Crippen LogP contribution in [0.15, 0.2) is 91.0 Å².